The van der Waals surface area contributed by atoms with Crippen molar-refractivity contribution < 1.29 is 9.53 Å². The van der Waals surface area contributed by atoms with E-state index in [9.17, 15) is 4.79 Å². The molecule has 0 saturated heterocycles. The summed E-state index contributed by atoms with van der Waals surface area (Å²) in [6.07, 6.45) is 0. The lowest BCUT2D eigenvalue weighted by Crippen LogP contribution is -2.14. The van der Waals surface area contributed by atoms with Gasteiger partial charge in [-0.05, 0) is 38.1 Å². The lowest BCUT2D eigenvalue weighted by Gasteiger charge is -2.11. The first-order valence-corrected chi connectivity index (χ1v) is 6.17. The molecule has 0 saturated carbocycles. The molecule has 1 N–H and O–H groups in total. The summed E-state index contributed by atoms with van der Waals surface area (Å²) in [4.78, 5) is 16.3. The quantitative estimate of drug-likeness (QED) is 0.914. The van der Waals surface area contributed by atoms with Crippen LogP contribution in [0.25, 0.3) is 0 Å². The van der Waals surface area contributed by atoms with Gasteiger partial charge >= 0.3 is 0 Å². The molecule has 1 aromatic carbocycles. The largest absolute Gasteiger partial charge is 0.492 e. The van der Waals surface area contributed by atoms with Crippen LogP contribution < -0.4 is 10.1 Å². The van der Waals surface area contributed by atoms with E-state index in [0.717, 1.165) is 5.69 Å². The lowest BCUT2D eigenvalue weighted by molar-refractivity contribution is 0.102. The van der Waals surface area contributed by atoms with Crippen LogP contribution in [0.5, 0.6) is 5.75 Å². The highest BCUT2D eigenvalue weighted by atomic mass is 16.5. The monoisotopic (exact) mass is 256 g/mol. The van der Waals surface area contributed by atoms with E-state index in [1.54, 1.807) is 12.1 Å². The molecular formula is C15H16N2O2. The van der Waals surface area contributed by atoms with Crippen molar-refractivity contribution in [2.24, 2.45) is 0 Å². The van der Waals surface area contributed by atoms with Crippen molar-refractivity contribution in [3.63, 3.8) is 0 Å². The zero-order chi connectivity index (χ0) is 13.7. The van der Waals surface area contributed by atoms with Crippen LogP contribution in [0.15, 0.2) is 42.5 Å². The molecule has 0 atom stereocenters. The number of amides is 1. The molecule has 4 nitrogen and oxygen atoms in total. The SMILES string of the molecule is CCOc1ccccc1NC(=O)c1cccc(C)n1. The van der Waals surface area contributed by atoms with Crippen LogP contribution in [0.4, 0.5) is 5.69 Å². The third-order valence-corrected chi connectivity index (χ3v) is 2.56. The Balaban J connectivity index is 2.19. The number of aryl methyl sites for hydroxylation is 1. The summed E-state index contributed by atoms with van der Waals surface area (Å²) in [7, 11) is 0. The molecule has 2 aromatic rings. The number of para-hydroxylation sites is 2. The molecule has 1 amide bonds. The number of ether oxygens (including phenoxy) is 1. The molecule has 19 heavy (non-hydrogen) atoms. The lowest BCUT2D eigenvalue weighted by atomic mass is 10.2. The fourth-order valence-corrected chi connectivity index (χ4v) is 1.71. The predicted octanol–water partition coefficient (Wildman–Crippen LogP) is 3.04. The van der Waals surface area contributed by atoms with Gasteiger partial charge in [0.05, 0.1) is 12.3 Å². The number of benzene rings is 1. The number of hydrogen-bond donors (Lipinski definition) is 1. The van der Waals surface area contributed by atoms with Gasteiger partial charge in [0.1, 0.15) is 11.4 Å². The molecule has 0 unspecified atom stereocenters. The zero-order valence-corrected chi connectivity index (χ0v) is 11.0. The average molecular weight is 256 g/mol. The molecule has 0 aliphatic rings. The molecule has 1 aromatic heterocycles. The standard InChI is InChI=1S/C15H16N2O2/c1-3-19-14-10-5-4-8-12(14)17-15(18)13-9-6-7-11(2)16-13/h4-10H,3H2,1-2H3,(H,17,18). The number of nitrogens with one attached hydrogen (secondary N) is 1. The molecule has 0 aliphatic heterocycles. The van der Waals surface area contributed by atoms with E-state index >= 15 is 0 Å². The van der Waals surface area contributed by atoms with Crippen LogP contribution in [0, 0.1) is 6.92 Å². The second-order valence-corrected chi connectivity index (χ2v) is 4.05. The Morgan fingerprint density at radius 1 is 1.21 bits per heavy atom. The van der Waals surface area contributed by atoms with Crippen molar-refractivity contribution in [1.82, 2.24) is 4.98 Å². The Labute approximate surface area is 112 Å². The Morgan fingerprint density at radius 2 is 2.00 bits per heavy atom. The van der Waals surface area contributed by atoms with Crippen LogP contribution >= 0.6 is 0 Å². The third-order valence-electron chi connectivity index (χ3n) is 2.56. The van der Waals surface area contributed by atoms with E-state index in [1.807, 2.05) is 44.2 Å². The number of hydrogen-bond acceptors (Lipinski definition) is 3. The number of rotatable bonds is 4. The molecule has 2 rings (SSSR count). The second kappa shape index (κ2) is 6.00. The van der Waals surface area contributed by atoms with Crippen LogP contribution in [0.2, 0.25) is 0 Å². The van der Waals surface area contributed by atoms with E-state index in [2.05, 4.69) is 10.3 Å². The topological polar surface area (TPSA) is 51.2 Å². The Hall–Kier alpha value is -2.36. The van der Waals surface area contributed by atoms with E-state index in [0.29, 0.717) is 23.7 Å². The normalized spacial score (nSPS) is 10.0. The fourth-order valence-electron chi connectivity index (χ4n) is 1.71. The Kier molecular flexibility index (Phi) is 4.13. The van der Waals surface area contributed by atoms with Gasteiger partial charge in [-0.25, -0.2) is 4.98 Å². The molecular weight excluding hydrogens is 240 g/mol. The number of anilines is 1. The molecule has 98 valence electrons. The van der Waals surface area contributed by atoms with Gasteiger partial charge < -0.3 is 10.1 Å². The van der Waals surface area contributed by atoms with Gasteiger partial charge in [-0.1, -0.05) is 18.2 Å². The van der Waals surface area contributed by atoms with Gasteiger partial charge in [0.25, 0.3) is 5.91 Å². The first-order chi connectivity index (χ1) is 9.20. The number of pyridine rings is 1. The summed E-state index contributed by atoms with van der Waals surface area (Å²) < 4.78 is 5.46. The number of aromatic nitrogens is 1. The summed E-state index contributed by atoms with van der Waals surface area (Å²) in [6.45, 7) is 4.31. The minimum absolute atomic E-state index is 0.240. The number of carbonyl (C=O) groups excluding carboxylic acids is 1. The van der Waals surface area contributed by atoms with Gasteiger partial charge in [0.15, 0.2) is 0 Å². The highest BCUT2D eigenvalue weighted by Crippen LogP contribution is 2.24. The number of nitrogens with zero attached hydrogens (tertiary/aromatic N) is 1. The van der Waals surface area contributed by atoms with Crippen molar-refractivity contribution >= 4 is 11.6 Å². The number of carbonyl (C=O) groups is 1. The minimum atomic E-state index is -0.240. The highest BCUT2D eigenvalue weighted by Gasteiger charge is 2.10. The zero-order valence-electron chi connectivity index (χ0n) is 11.0. The van der Waals surface area contributed by atoms with Crippen molar-refractivity contribution in [2.75, 3.05) is 11.9 Å². The van der Waals surface area contributed by atoms with Gasteiger partial charge in [0.2, 0.25) is 0 Å². The first kappa shape index (κ1) is 13.1. The highest BCUT2D eigenvalue weighted by molar-refractivity contribution is 6.03. The fraction of sp³-hybridized carbons (Fsp3) is 0.200. The average Bonchev–Trinajstić information content (AvgIpc) is 2.41. The second-order valence-electron chi connectivity index (χ2n) is 4.05. The van der Waals surface area contributed by atoms with Crippen molar-refractivity contribution in [3.8, 4) is 5.75 Å². The van der Waals surface area contributed by atoms with Gasteiger partial charge in [-0.3, -0.25) is 4.79 Å². The summed E-state index contributed by atoms with van der Waals surface area (Å²) in [5.74, 6) is 0.418. The van der Waals surface area contributed by atoms with Crippen LogP contribution in [-0.4, -0.2) is 17.5 Å². The minimum Gasteiger partial charge on any atom is -0.492 e. The third kappa shape index (κ3) is 3.31. The van der Waals surface area contributed by atoms with Crippen molar-refractivity contribution in [2.45, 2.75) is 13.8 Å². The maximum absolute atomic E-state index is 12.1. The predicted molar refractivity (Wildman–Crippen MR) is 74.5 cm³/mol. The summed E-state index contributed by atoms with van der Waals surface area (Å²) in [5, 5.41) is 2.81. The van der Waals surface area contributed by atoms with E-state index in [4.69, 9.17) is 4.74 Å². The molecule has 0 spiro atoms. The van der Waals surface area contributed by atoms with Gasteiger partial charge in [-0.2, -0.15) is 0 Å². The molecule has 0 aliphatic carbocycles. The van der Waals surface area contributed by atoms with Crippen molar-refractivity contribution in [3.05, 3.63) is 53.9 Å². The molecule has 0 radical (unpaired) electrons. The van der Waals surface area contributed by atoms with Crippen LogP contribution in [0.1, 0.15) is 23.1 Å². The van der Waals surface area contributed by atoms with Gasteiger partial charge in [0, 0.05) is 5.69 Å². The Morgan fingerprint density at radius 3 is 2.74 bits per heavy atom. The first-order valence-electron chi connectivity index (χ1n) is 6.17. The van der Waals surface area contributed by atoms with Crippen molar-refractivity contribution in [1.29, 1.82) is 0 Å². The van der Waals surface area contributed by atoms with Gasteiger partial charge in [-0.15, -0.1) is 0 Å². The molecule has 4 heteroatoms. The van der Waals surface area contributed by atoms with E-state index in [-0.39, 0.29) is 5.91 Å². The van der Waals surface area contributed by atoms with E-state index in [1.165, 1.54) is 0 Å². The molecule has 0 fully saturated rings. The summed E-state index contributed by atoms with van der Waals surface area (Å²) in [6, 6.07) is 12.7. The smallest absolute Gasteiger partial charge is 0.274 e. The summed E-state index contributed by atoms with van der Waals surface area (Å²) >= 11 is 0. The maximum Gasteiger partial charge on any atom is 0.274 e. The molecule has 0 bridgehead atoms. The molecule has 1 heterocycles. The van der Waals surface area contributed by atoms with Crippen LogP contribution in [0.3, 0.4) is 0 Å². The van der Waals surface area contributed by atoms with Crippen LogP contribution in [-0.2, 0) is 0 Å². The van der Waals surface area contributed by atoms with E-state index < -0.39 is 0 Å². The maximum atomic E-state index is 12.1. The Bertz CT molecular complexity index is 582. The summed E-state index contributed by atoms with van der Waals surface area (Å²) in [5.41, 5.74) is 1.86.